The molecule has 4 rings (SSSR count). The second-order valence-corrected chi connectivity index (χ2v) is 33.0. The van der Waals surface area contributed by atoms with Gasteiger partial charge in [0, 0.05) is 115 Å². The number of nitrogens with one attached hydrogen (secondary N) is 7. The fourth-order valence-corrected chi connectivity index (χ4v) is 13.5. The zero-order valence-corrected chi connectivity index (χ0v) is 67.3. The summed E-state index contributed by atoms with van der Waals surface area (Å²) in [5, 5.41) is 148. The van der Waals surface area contributed by atoms with E-state index in [0.29, 0.717) is 87.5 Å². The summed E-state index contributed by atoms with van der Waals surface area (Å²) in [7, 11) is 0.376. The maximum absolute atomic E-state index is 13.9. The Balaban J connectivity index is 1.29. The van der Waals surface area contributed by atoms with E-state index in [1.807, 2.05) is 0 Å². The van der Waals surface area contributed by atoms with E-state index in [4.69, 9.17) is 47.2 Å². The van der Waals surface area contributed by atoms with E-state index in [0.717, 1.165) is 32.1 Å². The Labute approximate surface area is 672 Å². The first kappa shape index (κ1) is 102. The number of hydrogen-bond acceptors (Lipinski definition) is 34. The molecule has 21 N–H and O–H groups in total. The Morgan fingerprint density at radius 2 is 0.737 bits per heavy atom. The van der Waals surface area contributed by atoms with Crippen LogP contribution in [-0.4, -0.2) is 352 Å². The zero-order chi connectivity index (χ0) is 83.9. The van der Waals surface area contributed by atoms with Gasteiger partial charge in [0.2, 0.25) is 47.3 Å². The number of thiol groups is 1. The standard InChI is InChI=1S/C70H127N8O33PS2/c79-40-47-58(91)61(94)64(97)67(109-47)103-32-12-9-18-50(83)71-26-15-29-74-53(86)23-35-102-44-70(77-56(89)21-7-5-3-1-2-4-6-8-22-57(90)78-39-46(82)38-45(78)43-108-112(100,101)114-113,106-36-24-54(87)75-30-16-27-72-51(84)19-10-13-33-104-68-65(98)62(95)59(92)48(41-80)110-68)107-37-25-55(88)76-31-17-28-73-52(85)20-11-14-34-105-69-66(99)63(96)60(93)49(42-81)111-69/h45-49,58-69,79-82,91-99,113H,1-44H2,(H,71,83)(H,72,84)(H,73,85)(H,74,86)(H,75,87)(H,76,88)(H,77,89)(H,100,101)/t45-,46+,47?,48?,49?,58-,59-,60-,61?,62?,63?,64?,65?,66?,67+,68+,69+,70?/m0/s1. The van der Waals surface area contributed by atoms with Crippen LogP contribution in [0.1, 0.15) is 167 Å². The first-order valence-electron chi connectivity index (χ1n) is 39.4. The summed E-state index contributed by atoms with van der Waals surface area (Å²) >= 11 is 3.75. The monoisotopic (exact) mass is 1700 g/mol. The van der Waals surface area contributed by atoms with E-state index < -0.39 is 167 Å². The minimum Gasteiger partial charge on any atom is -0.394 e. The van der Waals surface area contributed by atoms with E-state index in [1.165, 1.54) is 4.90 Å². The lowest BCUT2D eigenvalue weighted by atomic mass is 9.99. The molecule has 4 aliphatic rings. The number of unbranched alkanes of at least 4 members (excludes halogenated alkanes) is 10. The number of amides is 8. The van der Waals surface area contributed by atoms with Crippen molar-refractivity contribution in [2.45, 2.75) is 277 Å². The van der Waals surface area contributed by atoms with Gasteiger partial charge in [-0.15, -0.1) is 0 Å². The van der Waals surface area contributed by atoms with Crippen LogP contribution in [0.5, 0.6) is 0 Å². The Kier molecular flexibility index (Phi) is 51.8. The minimum absolute atomic E-state index is 0.0164. The number of nitrogens with zero attached hydrogens (tertiary/aromatic N) is 1. The fraction of sp³-hybridized carbons (Fsp3) is 0.886. The smallest absolute Gasteiger partial charge is 0.394 e. The molecular formula is C70H127N8O33PS2. The van der Waals surface area contributed by atoms with Crippen molar-refractivity contribution in [2.24, 2.45) is 0 Å². The van der Waals surface area contributed by atoms with Crippen molar-refractivity contribution in [1.29, 1.82) is 0 Å². The molecule has 0 radical (unpaired) electrons. The second kappa shape index (κ2) is 57.8. The lowest BCUT2D eigenvalue weighted by molar-refractivity contribution is -0.301. The number of carbonyl (C=O) groups is 8. The van der Waals surface area contributed by atoms with Crippen molar-refractivity contribution in [2.75, 3.05) is 118 Å². The molecule has 10 unspecified atom stereocenters. The van der Waals surface area contributed by atoms with Crippen molar-refractivity contribution in [3.63, 3.8) is 0 Å². The highest BCUT2D eigenvalue weighted by atomic mass is 33.3. The number of β-amino-alcohol motifs (C(OH)–C–C–N with tert-alkyl or cyclic N) is 1. The van der Waals surface area contributed by atoms with E-state index in [2.05, 4.69) is 48.9 Å². The Bertz CT molecular complexity index is 2720. The van der Waals surface area contributed by atoms with Crippen molar-refractivity contribution in [3.05, 3.63) is 0 Å². The van der Waals surface area contributed by atoms with Crippen molar-refractivity contribution in [3.8, 4) is 0 Å². The maximum Gasteiger partial charge on any atom is 0.396 e. The molecule has 0 bridgehead atoms. The van der Waals surface area contributed by atoms with Crippen LogP contribution in [0.2, 0.25) is 0 Å². The highest BCUT2D eigenvalue weighted by molar-refractivity contribution is 8.93. The number of aliphatic hydroxyl groups excluding tert-OH is 13. The molecule has 0 spiro atoms. The highest BCUT2D eigenvalue weighted by Crippen LogP contribution is 2.58. The van der Waals surface area contributed by atoms with Crippen LogP contribution in [0.25, 0.3) is 0 Å². The molecule has 0 saturated carbocycles. The summed E-state index contributed by atoms with van der Waals surface area (Å²) < 4.78 is 67.8. The number of ether oxygens (including phenoxy) is 9. The SMILES string of the molecule is O=C(CCCCO[C@@H]1OC(CO)[C@H](O)C(O)C1O)NCCCNC(=O)CCOCC(NC(=O)CCCCCCCCCCC(=O)N1C[C@H](O)C[C@H]1COP(=O)(O)SS)(OCCC(=O)NCCCNC(=O)CCCCO[C@@H]1OC(CO)[C@H](O)C(O)C1O)OCCC(=O)NCCCNC(=O)CCCCO[C@@H]1OC(CO)[C@H](O)C(O)C1O. The number of aliphatic hydroxyl groups is 13. The third-order valence-electron chi connectivity index (χ3n) is 19.0. The molecule has 114 heavy (non-hydrogen) atoms. The number of likely N-dealkylation sites (tertiary alicyclic amines) is 1. The van der Waals surface area contributed by atoms with Gasteiger partial charge in [-0.25, -0.2) is 4.57 Å². The van der Waals surface area contributed by atoms with Crippen LogP contribution in [-0.2, 0) is 90.1 Å². The van der Waals surface area contributed by atoms with E-state index in [9.17, 15) is 114 Å². The molecule has 4 heterocycles. The van der Waals surface area contributed by atoms with Crippen LogP contribution >= 0.6 is 28.9 Å². The third kappa shape index (κ3) is 40.2. The average molecular weight is 1700 g/mol. The summed E-state index contributed by atoms with van der Waals surface area (Å²) in [5.41, 5.74) is 0. The number of rotatable bonds is 62. The molecule has 18 atom stereocenters. The van der Waals surface area contributed by atoms with E-state index in [1.54, 1.807) is 0 Å². The first-order chi connectivity index (χ1) is 54.6. The lowest BCUT2D eigenvalue weighted by Gasteiger charge is -2.39. The summed E-state index contributed by atoms with van der Waals surface area (Å²) in [6.07, 6.45) is -13.0. The van der Waals surface area contributed by atoms with Gasteiger partial charge in [-0.2, -0.15) is 0 Å². The van der Waals surface area contributed by atoms with Crippen LogP contribution < -0.4 is 37.2 Å². The van der Waals surface area contributed by atoms with Crippen molar-refractivity contribution < 1.29 is 161 Å². The summed E-state index contributed by atoms with van der Waals surface area (Å²) in [6.45, 7) is -6.24. The molecule has 4 aliphatic heterocycles. The molecule has 4 saturated heterocycles. The van der Waals surface area contributed by atoms with E-state index in [-0.39, 0.29) is 173 Å². The molecule has 4 fully saturated rings. The van der Waals surface area contributed by atoms with Crippen LogP contribution in [0.15, 0.2) is 0 Å². The van der Waals surface area contributed by atoms with E-state index >= 15 is 0 Å². The maximum atomic E-state index is 13.9. The molecule has 0 aromatic carbocycles. The Morgan fingerprint density at radius 1 is 0.412 bits per heavy atom. The number of carbonyl (C=O) groups excluding carboxylic acids is 8. The second-order valence-electron chi connectivity index (χ2n) is 28.3. The van der Waals surface area contributed by atoms with Gasteiger partial charge in [-0.05, 0) is 77.0 Å². The fourth-order valence-electron chi connectivity index (χ4n) is 12.4. The van der Waals surface area contributed by atoms with Gasteiger partial charge >= 0.3 is 6.80 Å². The molecule has 662 valence electrons. The highest BCUT2D eigenvalue weighted by Gasteiger charge is 2.47. The van der Waals surface area contributed by atoms with Crippen molar-refractivity contribution >= 4 is 76.1 Å². The first-order valence-corrected chi connectivity index (χ1v) is 43.4. The summed E-state index contributed by atoms with van der Waals surface area (Å²) in [6, 6.07) is -0.543. The molecule has 0 aromatic heterocycles. The zero-order valence-electron chi connectivity index (χ0n) is 64.7. The predicted molar refractivity (Wildman–Crippen MR) is 405 cm³/mol. The minimum atomic E-state index is -3.99. The normalized spacial score (nSPS) is 26.7. The topological polar surface area (TPSA) is 617 Å². The largest absolute Gasteiger partial charge is 0.396 e. The average Bonchev–Trinajstić information content (AvgIpc) is 1.13. The molecule has 44 heteroatoms. The van der Waals surface area contributed by atoms with Gasteiger partial charge in [0.05, 0.1) is 71.2 Å². The van der Waals surface area contributed by atoms with Gasteiger partial charge in [0.1, 0.15) is 79.9 Å². The van der Waals surface area contributed by atoms with Crippen LogP contribution in [0.3, 0.4) is 0 Å². The van der Waals surface area contributed by atoms with Crippen LogP contribution in [0, 0.1) is 0 Å². The lowest BCUT2D eigenvalue weighted by Crippen LogP contribution is -2.59. The van der Waals surface area contributed by atoms with Gasteiger partial charge < -0.3 is 156 Å². The summed E-state index contributed by atoms with van der Waals surface area (Å²) in [5.74, 6) is -5.09. The quantitative estimate of drug-likeness (QED) is 0.00895. The summed E-state index contributed by atoms with van der Waals surface area (Å²) in [4.78, 5) is 115. The molecule has 0 aliphatic carbocycles. The van der Waals surface area contributed by atoms with Gasteiger partial charge in [-0.3, -0.25) is 42.9 Å². The van der Waals surface area contributed by atoms with Gasteiger partial charge in [-0.1, -0.05) is 50.2 Å². The van der Waals surface area contributed by atoms with Crippen LogP contribution in [0.4, 0.5) is 0 Å². The third-order valence-corrected chi connectivity index (χ3v) is 22.5. The van der Waals surface area contributed by atoms with Crippen molar-refractivity contribution in [1.82, 2.24) is 42.1 Å². The molecule has 0 aromatic rings. The number of hydrogen-bond donors (Lipinski definition) is 22. The predicted octanol–water partition coefficient (Wildman–Crippen LogP) is -4.64. The van der Waals surface area contributed by atoms with Gasteiger partial charge in [0.25, 0.3) is 5.91 Å². The Morgan fingerprint density at radius 3 is 1.10 bits per heavy atom. The van der Waals surface area contributed by atoms with Gasteiger partial charge in [0.15, 0.2) is 18.9 Å². The molecule has 8 amide bonds. The Hall–Kier alpha value is -4.27. The molecular weight excluding hydrogens is 1580 g/mol. The molecule has 41 nitrogen and oxygen atoms in total.